The molecule has 0 radical (unpaired) electrons. The maximum absolute atomic E-state index is 12.8. The van der Waals surface area contributed by atoms with Gasteiger partial charge in [-0.3, -0.25) is 0 Å². The summed E-state index contributed by atoms with van der Waals surface area (Å²) in [7, 11) is 0. The van der Waals surface area contributed by atoms with Gasteiger partial charge in [0.05, 0.1) is 81.4 Å². The van der Waals surface area contributed by atoms with E-state index in [1.807, 2.05) is 55.4 Å². The van der Waals surface area contributed by atoms with Crippen molar-refractivity contribution in [2.75, 3.05) is 39.6 Å². The normalized spacial score (nSPS) is 52.7. The zero-order valence-corrected chi connectivity index (χ0v) is 80.3. The average Bonchev–Trinajstić information content (AvgIpc) is 1.63. The van der Waals surface area contributed by atoms with Gasteiger partial charge >= 0.3 is 0 Å². The molecule has 37 heteroatoms. The van der Waals surface area contributed by atoms with Crippen LogP contribution in [0.5, 0.6) is 0 Å². The number of hydrogen-bond donors (Lipinski definition) is 25. The number of aliphatic hydroxyl groups excluding tert-OH is 25. The minimum atomic E-state index is -1.82. The molecule has 0 amide bonds. The van der Waals surface area contributed by atoms with Gasteiger partial charge in [0.15, 0.2) is 37.7 Å². The largest absolute Gasteiger partial charge is 0.394 e. The summed E-state index contributed by atoms with van der Waals surface area (Å²) in [5.74, 6) is -1.26. The lowest BCUT2D eigenvalue weighted by Crippen LogP contribution is -2.71. The molecule has 8 aliphatic carbocycles. The van der Waals surface area contributed by atoms with E-state index in [2.05, 4.69) is 67.5 Å². The van der Waals surface area contributed by atoms with E-state index in [9.17, 15) is 128 Å². The molecule has 14 fully saturated rings. The van der Waals surface area contributed by atoms with Crippen molar-refractivity contribution >= 4 is 0 Å². The highest BCUT2D eigenvalue weighted by molar-refractivity contribution is 5.25. The Morgan fingerprint density at radius 2 is 0.707 bits per heavy atom. The van der Waals surface area contributed by atoms with E-state index < -0.39 is 298 Å². The fourth-order valence-electron chi connectivity index (χ4n) is 29.7. The predicted octanol–water partition coefficient (Wildman–Crippen LogP) is -1.08. The van der Waals surface area contributed by atoms with Crippen LogP contribution in [0.4, 0.5) is 0 Å². The number of allylic oxidation sites excluding steroid dienone is 4. The van der Waals surface area contributed by atoms with Crippen molar-refractivity contribution in [1.29, 1.82) is 0 Å². The first-order chi connectivity index (χ1) is 62.1. The van der Waals surface area contributed by atoms with Gasteiger partial charge in [-0.05, 0) is 241 Å². The molecule has 51 atom stereocenters. The number of hydrogen-bond acceptors (Lipinski definition) is 37. The van der Waals surface area contributed by atoms with Gasteiger partial charge in [0.1, 0.15) is 146 Å². The van der Waals surface area contributed by atoms with Crippen molar-refractivity contribution in [1.82, 2.24) is 0 Å². The van der Waals surface area contributed by atoms with Crippen LogP contribution in [-0.4, -0.2) is 393 Å². The van der Waals surface area contributed by atoms with E-state index in [1.54, 1.807) is 0 Å². The Labute approximate surface area is 780 Å². The molecule has 133 heavy (non-hydrogen) atoms. The standard InChI is InChI=1S/C54H92O23.C42H72O14/c1-23(2)10-9-14-54(8,77-48-44(69)40(65)37(62)29(74-48)22-70-46-42(67)38(63)34(59)26(19-55)71-46)24-11-16-53(7)33(24)25(58)18-31-51(5)15-13-32(50(3,4)30(51)12-17-52(31,53)6)75-49-45(41(66)36(61)28(21-57)73-49)76-47-43(68)39(64)35(60)27(20-56)72-47;1-20(2)10-9-13-42(8,56-37-34(52)32(50)30(48)25(19-44)55-37)21-11-15-40(6)28(21)22(45)16-26-39(5)14-12-27(46)38(3,4)35(39)23(17-41(26,40)7)53-36-33(51)31(49)29(47)24(18-43)54-36/h10,24-49,55-69H,9,11-22H2,1-8H3;10,21-37,43-52H,9,11-19H2,1-8H3/t24-,25+,26+,27+,28+,29+,30-,31+,32-,33-,34+,35+,36+,37+,38-,39-,40-,41-,42+,43+,44+,45+,46+,47-,48-,49-,51-,52+,53+,54-;21-,22+,23-,24+,25+,26+,27-,28-,29+,30+,31-,32-,33+,34+,35-,36+,37-,39+,40+,41+,42-/m00/s1. The molecule has 770 valence electrons. The van der Waals surface area contributed by atoms with Gasteiger partial charge < -0.3 is 185 Å². The fourth-order valence-corrected chi connectivity index (χ4v) is 29.7. The van der Waals surface area contributed by atoms with E-state index in [4.69, 9.17) is 56.8 Å². The third-order valence-electron chi connectivity index (χ3n) is 37.5. The van der Waals surface area contributed by atoms with Gasteiger partial charge in [-0.15, -0.1) is 0 Å². The fraction of sp³-hybridized carbons (Fsp3) is 0.958. The molecular weight excluding hydrogens is 1750 g/mol. The van der Waals surface area contributed by atoms with E-state index in [0.717, 1.165) is 36.8 Å². The Balaban J connectivity index is 0.000000237. The van der Waals surface area contributed by atoms with Crippen molar-refractivity contribution in [2.24, 2.45) is 90.7 Å². The van der Waals surface area contributed by atoms with Crippen molar-refractivity contribution in [3.05, 3.63) is 23.3 Å². The number of ether oxygens (including phenoxy) is 12. The van der Waals surface area contributed by atoms with Crippen molar-refractivity contribution in [3.63, 3.8) is 0 Å². The molecule has 14 rings (SSSR count). The van der Waals surface area contributed by atoms with Gasteiger partial charge in [0, 0.05) is 0 Å². The van der Waals surface area contributed by atoms with E-state index >= 15 is 0 Å². The minimum Gasteiger partial charge on any atom is -0.394 e. The summed E-state index contributed by atoms with van der Waals surface area (Å²) in [6, 6.07) is 0. The first-order valence-corrected chi connectivity index (χ1v) is 48.9. The lowest BCUT2D eigenvalue weighted by Gasteiger charge is -2.72. The molecule has 0 aromatic heterocycles. The Bertz CT molecular complexity index is 3870. The smallest absolute Gasteiger partial charge is 0.187 e. The Kier molecular flexibility index (Phi) is 33.3. The molecule has 0 aromatic carbocycles. The first kappa shape index (κ1) is 108. The van der Waals surface area contributed by atoms with Crippen LogP contribution in [0.25, 0.3) is 0 Å². The summed E-state index contributed by atoms with van der Waals surface area (Å²) in [5, 5.41) is 271. The zero-order chi connectivity index (χ0) is 98.1. The molecule has 14 aliphatic rings. The number of rotatable bonds is 26. The summed E-state index contributed by atoms with van der Waals surface area (Å²) in [5.41, 5.74) is -3.51. The monoisotopic (exact) mass is 1910 g/mol. The molecule has 6 heterocycles. The van der Waals surface area contributed by atoms with E-state index in [1.165, 1.54) is 0 Å². The molecule has 25 N–H and O–H groups in total. The molecule has 0 aromatic rings. The number of fused-ring (bicyclic) bond motifs is 10. The van der Waals surface area contributed by atoms with E-state index in [-0.39, 0.29) is 58.2 Å². The topological polar surface area (TPSA) is 617 Å². The summed E-state index contributed by atoms with van der Waals surface area (Å²) in [6.07, 6.45) is -34.7. The second-order valence-electron chi connectivity index (χ2n) is 46.0. The van der Waals surface area contributed by atoms with Crippen LogP contribution in [0, 0.1) is 90.7 Å². The number of aliphatic hydroxyl groups is 25. The lowest BCUT2D eigenvalue weighted by molar-refractivity contribution is -0.378. The molecular formula is C96H164O37. The Morgan fingerprint density at radius 3 is 1.15 bits per heavy atom. The third kappa shape index (κ3) is 19.1. The zero-order valence-electron chi connectivity index (χ0n) is 80.3. The van der Waals surface area contributed by atoms with E-state index in [0.29, 0.717) is 83.5 Å². The molecule has 0 spiro atoms. The van der Waals surface area contributed by atoms with Gasteiger partial charge in [-0.2, -0.15) is 0 Å². The average molecular weight is 1910 g/mol. The Morgan fingerprint density at radius 1 is 0.346 bits per heavy atom. The maximum atomic E-state index is 12.8. The molecule has 0 unspecified atom stereocenters. The maximum Gasteiger partial charge on any atom is 0.187 e. The highest BCUT2D eigenvalue weighted by atomic mass is 16.8. The summed E-state index contributed by atoms with van der Waals surface area (Å²) in [6.45, 7) is 30.2. The predicted molar refractivity (Wildman–Crippen MR) is 469 cm³/mol. The van der Waals surface area contributed by atoms with Gasteiger partial charge in [-0.1, -0.05) is 92.5 Å². The van der Waals surface area contributed by atoms with Crippen LogP contribution in [0.15, 0.2) is 23.3 Å². The SMILES string of the molecule is CC(C)=CCC[C@](C)(O[C@@H]1O[C@H](CO)[C@@H](O)[C@H](O)[C@H]1O)[C@H]1CC[C@]2(C)[C@@H]1[C@H](O)C[C@@H]1[C@@]3(C)CC[C@H](O)C(C)(C)[C@@H]3[C@@H](O[C@@H]3O[C@H](CO)[C@@H](O)[C@H](O)[C@H]3O)C[C@]12C.CC(C)=CCC[C@](C)(O[C@@H]1O[C@H](CO[C@@H]2O[C@H](CO)[C@@H](O)[C@H](O)[C@H]2O)[C@@H](O)[C@H](O)[C@H]1O)[C@H]1CC[C@]2(C)[C@@H]1[C@H](O)C[C@@H]1[C@@]3(C)CC[C@H](O[C@@H]4O[C@H](CO)[C@@H](O)[C@H](O)[C@H]4O[C@@H]4O[C@H](CO)[C@@H](O)[C@H](O)[C@H]4O)C(C)(C)[C@@H]3CC[C@]12C. The Hall–Kier alpha value is -2.00. The molecule has 6 aliphatic heterocycles. The van der Waals surface area contributed by atoms with Crippen molar-refractivity contribution < 1.29 is 185 Å². The van der Waals surface area contributed by atoms with Crippen LogP contribution >= 0.6 is 0 Å². The van der Waals surface area contributed by atoms with Crippen LogP contribution in [0.2, 0.25) is 0 Å². The van der Waals surface area contributed by atoms with Gasteiger partial charge in [-0.25, -0.2) is 0 Å². The van der Waals surface area contributed by atoms with Crippen molar-refractivity contribution in [2.45, 2.75) is 446 Å². The summed E-state index contributed by atoms with van der Waals surface area (Å²) >= 11 is 0. The highest BCUT2D eigenvalue weighted by Crippen LogP contribution is 2.79. The van der Waals surface area contributed by atoms with Gasteiger partial charge in [0.25, 0.3) is 0 Å². The second-order valence-corrected chi connectivity index (χ2v) is 46.0. The minimum absolute atomic E-state index is 0.000258. The van der Waals surface area contributed by atoms with Crippen LogP contribution in [0.1, 0.15) is 220 Å². The molecule has 6 saturated heterocycles. The summed E-state index contributed by atoms with van der Waals surface area (Å²) in [4.78, 5) is 0. The molecule has 0 bridgehead atoms. The van der Waals surface area contributed by atoms with Crippen LogP contribution < -0.4 is 0 Å². The van der Waals surface area contributed by atoms with Crippen LogP contribution in [-0.2, 0) is 56.8 Å². The quantitative estimate of drug-likeness (QED) is 0.0362. The third-order valence-corrected chi connectivity index (χ3v) is 37.5. The summed E-state index contributed by atoms with van der Waals surface area (Å²) < 4.78 is 74.3. The second kappa shape index (κ2) is 40.9. The van der Waals surface area contributed by atoms with Crippen molar-refractivity contribution in [3.8, 4) is 0 Å². The van der Waals surface area contributed by atoms with Crippen LogP contribution in [0.3, 0.4) is 0 Å². The molecule has 37 nitrogen and oxygen atoms in total. The first-order valence-electron chi connectivity index (χ1n) is 48.9. The molecule has 8 saturated carbocycles. The van der Waals surface area contributed by atoms with Gasteiger partial charge in [0.2, 0.25) is 0 Å². The lowest BCUT2D eigenvalue weighted by atomic mass is 9.34. The highest BCUT2D eigenvalue weighted by Gasteiger charge is 2.76.